The van der Waals surface area contributed by atoms with Crippen molar-refractivity contribution in [3.8, 4) is 0 Å². The van der Waals surface area contributed by atoms with Crippen LogP contribution < -0.4 is 10.6 Å². The Morgan fingerprint density at radius 2 is 1.75 bits per heavy atom. The molecule has 0 atom stereocenters. The normalized spacial score (nSPS) is 10.8. The number of thioether (sulfide) groups is 1. The number of nitrogens with one attached hydrogen (secondary N) is 2. The lowest BCUT2D eigenvalue weighted by atomic mass is 10.0. The van der Waals surface area contributed by atoms with Crippen molar-refractivity contribution in [3.05, 3.63) is 77.9 Å². The molecule has 162 valence electrons. The van der Waals surface area contributed by atoms with Gasteiger partial charge in [-0.15, -0.1) is 10.2 Å². The van der Waals surface area contributed by atoms with Crippen LogP contribution in [0.15, 0.2) is 65.0 Å². The first-order valence-electron chi connectivity index (χ1n) is 9.45. The molecule has 0 fully saturated rings. The van der Waals surface area contributed by atoms with Gasteiger partial charge in [0, 0.05) is 6.07 Å². The number of anilines is 2. The minimum atomic E-state index is -0.851. The largest absolute Gasteiger partial charge is 0.323 e. The van der Waals surface area contributed by atoms with E-state index in [1.54, 1.807) is 0 Å². The van der Waals surface area contributed by atoms with Crippen molar-refractivity contribution in [3.63, 3.8) is 0 Å². The summed E-state index contributed by atoms with van der Waals surface area (Å²) in [6.45, 7) is 0. The summed E-state index contributed by atoms with van der Waals surface area (Å²) in [5, 5.41) is 15.4. The van der Waals surface area contributed by atoms with Gasteiger partial charge in [0.15, 0.2) is 4.34 Å². The number of hydrogen-bond acceptors (Lipinski definition) is 6. The Morgan fingerprint density at radius 1 is 0.938 bits per heavy atom. The lowest BCUT2D eigenvalue weighted by Gasteiger charge is -2.06. The fourth-order valence-electron chi connectivity index (χ4n) is 3.01. The molecular formula is C22H16F2N4O2S2. The predicted molar refractivity (Wildman–Crippen MR) is 122 cm³/mol. The average Bonchev–Trinajstić information content (AvgIpc) is 3.22. The highest BCUT2D eigenvalue weighted by molar-refractivity contribution is 8.01. The number of rotatable bonds is 7. The maximum absolute atomic E-state index is 13.6. The summed E-state index contributed by atoms with van der Waals surface area (Å²) < 4.78 is 27.0. The molecule has 0 spiro atoms. The van der Waals surface area contributed by atoms with Crippen LogP contribution in [0, 0.1) is 11.6 Å². The van der Waals surface area contributed by atoms with Gasteiger partial charge < -0.3 is 10.6 Å². The smallest absolute Gasteiger partial charge is 0.234 e. The van der Waals surface area contributed by atoms with E-state index in [9.17, 15) is 18.4 Å². The first kappa shape index (κ1) is 21.8. The molecule has 0 saturated heterocycles. The molecular weight excluding hydrogens is 454 g/mol. The van der Waals surface area contributed by atoms with Crippen molar-refractivity contribution in [1.82, 2.24) is 10.2 Å². The number of fused-ring (bicyclic) bond motifs is 1. The van der Waals surface area contributed by atoms with E-state index >= 15 is 0 Å². The number of halogens is 2. The molecule has 32 heavy (non-hydrogen) atoms. The zero-order valence-corrected chi connectivity index (χ0v) is 18.1. The highest BCUT2D eigenvalue weighted by Gasteiger charge is 2.13. The van der Waals surface area contributed by atoms with Gasteiger partial charge in [-0.3, -0.25) is 9.59 Å². The van der Waals surface area contributed by atoms with Gasteiger partial charge in [-0.05, 0) is 28.5 Å². The molecule has 0 aliphatic carbocycles. The van der Waals surface area contributed by atoms with Gasteiger partial charge >= 0.3 is 0 Å². The zero-order valence-electron chi connectivity index (χ0n) is 16.5. The molecule has 1 heterocycles. The van der Waals surface area contributed by atoms with Crippen LogP contribution in [0.2, 0.25) is 0 Å². The quantitative estimate of drug-likeness (QED) is 0.297. The molecule has 4 rings (SSSR count). The van der Waals surface area contributed by atoms with E-state index in [-0.39, 0.29) is 23.8 Å². The highest BCUT2D eigenvalue weighted by Crippen LogP contribution is 2.26. The molecule has 0 bridgehead atoms. The van der Waals surface area contributed by atoms with Crippen molar-refractivity contribution in [2.75, 3.05) is 16.4 Å². The Labute approximate surface area is 190 Å². The number of amides is 2. The summed E-state index contributed by atoms with van der Waals surface area (Å²) in [4.78, 5) is 24.5. The van der Waals surface area contributed by atoms with E-state index in [4.69, 9.17) is 0 Å². The third-order valence-electron chi connectivity index (χ3n) is 4.42. The topological polar surface area (TPSA) is 84.0 Å². The number of carbonyl (C=O) groups is 2. The van der Waals surface area contributed by atoms with Crippen LogP contribution in [-0.4, -0.2) is 27.8 Å². The second kappa shape index (κ2) is 9.84. The summed E-state index contributed by atoms with van der Waals surface area (Å²) in [7, 11) is 0. The molecule has 1 aromatic heterocycles. The summed E-state index contributed by atoms with van der Waals surface area (Å²) >= 11 is 2.23. The van der Waals surface area contributed by atoms with Crippen molar-refractivity contribution in [2.45, 2.75) is 10.8 Å². The van der Waals surface area contributed by atoms with Crippen molar-refractivity contribution in [2.24, 2.45) is 0 Å². The Kier molecular flexibility index (Phi) is 6.72. The molecule has 4 aromatic rings. The predicted octanol–water partition coefficient (Wildman–Crippen LogP) is 4.88. The molecule has 0 saturated carbocycles. The van der Waals surface area contributed by atoms with Crippen molar-refractivity contribution < 1.29 is 18.4 Å². The molecule has 3 aromatic carbocycles. The van der Waals surface area contributed by atoms with Crippen molar-refractivity contribution in [1.29, 1.82) is 0 Å². The molecule has 0 unspecified atom stereocenters. The first-order chi connectivity index (χ1) is 15.5. The van der Waals surface area contributed by atoms with Crippen molar-refractivity contribution >= 4 is 56.5 Å². The van der Waals surface area contributed by atoms with Gasteiger partial charge in [-0.2, -0.15) is 0 Å². The minimum Gasteiger partial charge on any atom is -0.323 e. The fourth-order valence-corrected chi connectivity index (χ4v) is 4.57. The van der Waals surface area contributed by atoms with Crippen LogP contribution in [0.4, 0.5) is 19.6 Å². The summed E-state index contributed by atoms with van der Waals surface area (Å²) in [6.07, 6.45) is 0.190. The van der Waals surface area contributed by atoms with E-state index in [1.807, 2.05) is 42.5 Å². The SMILES string of the molecule is O=C(Cc1cccc2ccccc12)Nc1nnc(SCC(=O)Nc2ccc(F)cc2F)s1. The number of nitrogens with zero attached hydrogens (tertiary/aromatic N) is 2. The molecule has 2 amide bonds. The van der Waals surface area contributed by atoms with E-state index in [1.165, 1.54) is 0 Å². The number of carbonyl (C=O) groups excluding carboxylic acids is 2. The molecule has 2 N–H and O–H groups in total. The Balaban J connectivity index is 1.30. The van der Waals surface area contributed by atoms with Crippen LogP contribution in [-0.2, 0) is 16.0 Å². The van der Waals surface area contributed by atoms with Gasteiger partial charge in [0.1, 0.15) is 11.6 Å². The maximum atomic E-state index is 13.6. The third kappa shape index (κ3) is 5.45. The number of hydrogen-bond donors (Lipinski definition) is 2. The van der Waals surface area contributed by atoms with E-state index in [2.05, 4.69) is 20.8 Å². The van der Waals surface area contributed by atoms with Crippen LogP contribution in [0.3, 0.4) is 0 Å². The number of benzene rings is 3. The maximum Gasteiger partial charge on any atom is 0.234 e. The first-order valence-corrected chi connectivity index (χ1v) is 11.3. The van der Waals surface area contributed by atoms with Crippen LogP contribution in [0.5, 0.6) is 0 Å². The van der Waals surface area contributed by atoms with Gasteiger partial charge in [0.05, 0.1) is 17.9 Å². The van der Waals surface area contributed by atoms with Gasteiger partial charge in [0.2, 0.25) is 16.9 Å². The Hall–Kier alpha value is -3.37. The van der Waals surface area contributed by atoms with Crippen LogP contribution in [0.25, 0.3) is 10.8 Å². The van der Waals surface area contributed by atoms with Gasteiger partial charge in [0.25, 0.3) is 0 Å². The van der Waals surface area contributed by atoms with E-state index in [0.29, 0.717) is 15.5 Å². The molecule has 0 aliphatic rings. The lowest BCUT2D eigenvalue weighted by molar-refractivity contribution is -0.115. The van der Waals surface area contributed by atoms with Gasteiger partial charge in [-0.1, -0.05) is 65.6 Å². The second-order valence-electron chi connectivity index (χ2n) is 6.70. The zero-order chi connectivity index (χ0) is 22.5. The highest BCUT2D eigenvalue weighted by atomic mass is 32.2. The second-order valence-corrected chi connectivity index (χ2v) is 8.90. The molecule has 10 heteroatoms. The lowest BCUT2D eigenvalue weighted by Crippen LogP contribution is -2.15. The summed E-state index contributed by atoms with van der Waals surface area (Å²) in [6, 6.07) is 16.6. The average molecular weight is 471 g/mol. The van der Waals surface area contributed by atoms with E-state index in [0.717, 1.165) is 51.6 Å². The Morgan fingerprint density at radius 3 is 2.59 bits per heavy atom. The Bertz CT molecular complexity index is 1290. The monoisotopic (exact) mass is 470 g/mol. The molecule has 0 radical (unpaired) electrons. The molecule has 0 aliphatic heterocycles. The standard InChI is InChI=1S/C22H16F2N4O2S2/c23-15-8-9-18(17(24)11-15)25-20(30)12-31-22-28-27-21(32-22)26-19(29)10-14-6-3-5-13-4-1-2-7-16(13)14/h1-9,11H,10,12H2,(H,25,30)(H,26,27,29). The summed E-state index contributed by atoms with van der Waals surface area (Å²) in [5.74, 6) is -2.32. The molecule has 6 nitrogen and oxygen atoms in total. The number of aromatic nitrogens is 2. The fraction of sp³-hybridized carbons (Fsp3) is 0.0909. The van der Waals surface area contributed by atoms with Gasteiger partial charge in [-0.25, -0.2) is 8.78 Å². The minimum absolute atomic E-state index is 0.0462. The van der Waals surface area contributed by atoms with Crippen LogP contribution in [0.1, 0.15) is 5.56 Å². The summed E-state index contributed by atoms with van der Waals surface area (Å²) in [5.41, 5.74) is 0.806. The van der Waals surface area contributed by atoms with E-state index < -0.39 is 17.5 Å². The third-order valence-corrected chi connectivity index (χ3v) is 6.39. The van der Waals surface area contributed by atoms with Crippen LogP contribution >= 0.6 is 23.1 Å².